The molecule has 1 fully saturated rings. The molecule has 1 N–H and O–H groups in total. The second-order valence-electron chi connectivity index (χ2n) is 5.01. The summed E-state index contributed by atoms with van der Waals surface area (Å²) in [6.45, 7) is 1.41. The third-order valence-electron chi connectivity index (χ3n) is 3.54. The Kier molecular flexibility index (Phi) is 6.59. The van der Waals surface area contributed by atoms with Gasteiger partial charge in [0.2, 0.25) is 0 Å². The summed E-state index contributed by atoms with van der Waals surface area (Å²) in [4.78, 5) is 0. The van der Waals surface area contributed by atoms with Gasteiger partial charge in [-0.15, -0.1) is 0 Å². The predicted molar refractivity (Wildman–Crippen MR) is 80.4 cm³/mol. The molecule has 0 saturated carbocycles. The average molecular weight is 319 g/mol. The summed E-state index contributed by atoms with van der Waals surface area (Å²) in [5.41, 5.74) is 0.982. The molecule has 5 heteroatoms. The van der Waals surface area contributed by atoms with Gasteiger partial charge in [0, 0.05) is 12.5 Å². The molecular formula is C15H20Cl2O3. The van der Waals surface area contributed by atoms with Crippen LogP contribution in [0.2, 0.25) is 10.0 Å². The summed E-state index contributed by atoms with van der Waals surface area (Å²) in [7, 11) is 0. The SMILES string of the molecule is OCC(CCOC1CCCCO1)c1ccc(Cl)c(Cl)c1. The van der Waals surface area contributed by atoms with Crippen LogP contribution in [0.4, 0.5) is 0 Å². The van der Waals surface area contributed by atoms with Crippen molar-refractivity contribution in [3.05, 3.63) is 33.8 Å². The highest BCUT2D eigenvalue weighted by molar-refractivity contribution is 6.42. The summed E-state index contributed by atoms with van der Waals surface area (Å²) < 4.78 is 11.2. The third kappa shape index (κ3) is 4.61. The Morgan fingerprint density at radius 2 is 2.15 bits per heavy atom. The van der Waals surface area contributed by atoms with Gasteiger partial charge in [0.15, 0.2) is 6.29 Å². The van der Waals surface area contributed by atoms with E-state index in [2.05, 4.69) is 0 Å². The first-order valence-electron chi connectivity index (χ1n) is 6.99. The lowest BCUT2D eigenvalue weighted by Crippen LogP contribution is -2.23. The summed E-state index contributed by atoms with van der Waals surface area (Å²) in [6, 6.07) is 5.46. The first-order chi connectivity index (χ1) is 9.70. The molecule has 112 valence electrons. The van der Waals surface area contributed by atoms with Crippen LogP contribution in [0.25, 0.3) is 0 Å². The molecule has 0 amide bonds. The maximum atomic E-state index is 9.51. The Hall–Kier alpha value is -0.320. The molecule has 1 aliphatic heterocycles. The zero-order valence-corrected chi connectivity index (χ0v) is 12.9. The Labute approximate surface area is 129 Å². The Bertz CT molecular complexity index is 420. The maximum Gasteiger partial charge on any atom is 0.157 e. The number of hydrogen-bond donors (Lipinski definition) is 1. The zero-order chi connectivity index (χ0) is 14.4. The highest BCUT2D eigenvalue weighted by atomic mass is 35.5. The number of hydrogen-bond acceptors (Lipinski definition) is 3. The van der Waals surface area contributed by atoms with E-state index in [1.807, 2.05) is 12.1 Å². The summed E-state index contributed by atoms with van der Waals surface area (Å²) in [6.07, 6.45) is 3.87. The van der Waals surface area contributed by atoms with Crippen LogP contribution >= 0.6 is 23.2 Å². The Morgan fingerprint density at radius 3 is 2.80 bits per heavy atom. The van der Waals surface area contributed by atoms with Gasteiger partial charge in [-0.2, -0.15) is 0 Å². The second kappa shape index (κ2) is 8.20. The predicted octanol–water partition coefficient (Wildman–Crippen LogP) is 4.00. The molecule has 2 atom stereocenters. The van der Waals surface area contributed by atoms with Crippen molar-refractivity contribution in [1.29, 1.82) is 0 Å². The van der Waals surface area contributed by atoms with Gasteiger partial charge in [0.05, 0.1) is 23.3 Å². The van der Waals surface area contributed by atoms with E-state index in [1.54, 1.807) is 6.07 Å². The van der Waals surface area contributed by atoms with Crippen LogP contribution in [0.5, 0.6) is 0 Å². The molecule has 0 aromatic heterocycles. The van der Waals surface area contributed by atoms with Crippen molar-refractivity contribution >= 4 is 23.2 Å². The maximum absolute atomic E-state index is 9.51. The molecule has 2 rings (SSSR count). The van der Waals surface area contributed by atoms with Crippen molar-refractivity contribution in [3.63, 3.8) is 0 Å². The minimum absolute atomic E-state index is 0.00774. The van der Waals surface area contributed by atoms with Crippen LogP contribution < -0.4 is 0 Å². The van der Waals surface area contributed by atoms with E-state index in [9.17, 15) is 5.11 Å². The van der Waals surface area contributed by atoms with Crippen LogP contribution in [-0.4, -0.2) is 31.2 Å². The standard InChI is InChI=1S/C15H20Cl2O3/c16-13-5-4-11(9-14(13)17)12(10-18)6-8-20-15-3-1-2-7-19-15/h4-5,9,12,15,18H,1-3,6-8,10H2. The lowest BCUT2D eigenvalue weighted by Gasteiger charge is -2.23. The van der Waals surface area contributed by atoms with Gasteiger partial charge in [-0.25, -0.2) is 0 Å². The minimum atomic E-state index is -0.0862. The highest BCUT2D eigenvalue weighted by Crippen LogP contribution is 2.28. The van der Waals surface area contributed by atoms with E-state index in [0.29, 0.717) is 16.7 Å². The van der Waals surface area contributed by atoms with Crippen molar-refractivity contribution < 1.29 is 14.6 Å². The normalized spacial score (nSPS) is 20.9. The van der Waals surface area contributed by atoms with Crippen molar-refractivity contribution in [2.24, 2.45) is 0 Å². The first-order valence-corrected chi connectivity index (χ1v) is 7.75. The lowest BCUT2D eigenvalue weighted by molar-refractivity contribution is -0.163. The van der Waals surface area contributed by atoms with Gasteiger partial charge in [0.1, 0.15) is 0 Å². The number of benzene rings is 1. The first kappa shape index (κ1) is 16.1. The van der Waals surface area contributed by atoms with E-state index in [-0.39, 0.29) is 18.8 Å². The van der Waals surface area contributed by atoms with E-state index in [0.717, 1.165) is 37.9 Å². The molecule has 1 heterocycles. The highest BCUT2D eigenvalue weighted by Gasteiger charge is 2.16. The molecule has 2 unspecified atom stereocenters. The van der Waals surface area contributed by atoms with Crippen molar-refractivity contribution in [3.8, 4) is 0 Å². The number of halogens is 2. The molecule has 0 aliphatic carbocycles. The topological polar surface area (TPSA) is 38.7 Å². The number of aliphatic hydroxyl groups excluding tert-OH is 1. The molecule has 1 aromatic carbocycles. The van der Waals surface area contributed by atoms with Crippen LogP contribution in [0, 0.1) is 0 Å². The number of rotatable bonds is 6. The molecule has 0 radical (unpaired) electrons. The lowest BCUT2D eigenvalue weighted by atomic mass is 9.97. The molecule has 0 bridgehead atoms. The smallest absolute Gasteiger partial charge is 0.157 e. The van der Waals surface area contributed by atoms with E-state index in [4.69, 9.17) is 32.7 Å². The second-order valence-corrected chi connectivity index (χ2v) is 5.82. The third-order valence-corrected chi connectivity index (χ3v) is 4.28. The summed E-state index contributed by atoms with van der Waals surface area (Å²) in [5.74, 6) is 0.00774. The Balaban J connectivity index is 1.83. The monoisotopic (exact) mass is 318 g/mol. The summed E-state index contributed by atoms with van der Waals surface area (Å²) in [5, 5.41) is 10.6. The molecule has 20 heavy (non-hydrogen) atoms. The van der Waals surface area contributed by atoms with Gasteiger partial charge in [-0.05, 0) is 43.4 Å². The fourth-order valence-electron chi connectivity index (χ4n) is 2.31. The van der Waals surface area contributed by atoms with Gasteiger partial charge in [-0.3, -0.25) is 0 Å². The van der Waals surface area contributed by atoms with Crippen LogP contribution in [-0.2, 0) is 9.47 Å². The fourth-order valence-corrected chi connectivity index (χ4v) is 2.62. The van der Waals surface area contributed by atoms with E-state index in [1.165, 1.54) is 0 Å². The van der Waals surface area contributed by atoms with Crippen molar-refractivity contribution in [2.45, 2.75) is 37.9 Å². The van der Waals surface area contributed by atoms with Gasteiger partial charge >= 0.3 is 0 Å². The number of aliphatic hydroxyl groups is 1. The van der Waals surface area contributed by atoms with E-state index < -0.39 is 0 Å². The molecule has 0 spiro atoms. The average Bonchev–Trinajstić information content (AvgIpc) is 2.48. The summed E-state index contributed by atoms with van der Waals surface area (Å²) >= 11 is 11.9. The Morgan fingerprint density at radius 1 is 1.30 bits per heavy atom. The van der Waals surface area contributed by atoms with Crippen LogP contribution in [0.15, 0.2) is 18.2 Å². The van der Waals surface area contributed by atoms with Crippen molar-refractivity contribution in [1.82, 2.24) is 0 Å². The van der Waals surface area contributed by atoms with Gasteiger partial charge < -0.3 is 14.6 Å². The zero-order valence-electron chi connectivity index (χ0n) is 11.4. The molecule has 1 saturated heterocycles. The molecule has 1 aliphatic rings. The molecular weight excluding hydrogens is 299 g/mol. The largest absolute Gasteiger partial charge is 0.396 e. The number of ether oxygens (including phenoxy) is 2. The minimum Gasteiger partial charge on any atom is -0.396 e. The van der Waals surface area contributed by atoms with E-state index >= 15 is 0 Å². The van der Waals surface area contributed by atoms with Crippen molar-refractivity contribution in [2.75, 3.05) is 19.8 Å². The fraction of sp³-hybridized carbons (Fsp3) is 0.600. The van der Waals surface area contributed by atoms with Gasteiger partial charge in [-0.1, -0.05) is 29.3 Å². The molecule has 1 aromatic rings. The van der Waals surface area contributed by atoms with Gasteiger partial charge in [0.25, 0.3) is 0 Å². The van der Waals surface area contributed by atoms with Crippen LogP contribution in [0.3, 0.4) is 0 Å². The van der Waals surface area contributed by atoms with Crippen LogP contribution in [0.1, 0.15) is 37.2 Å². The molecule has 3 nitrogen and oxygen atoms in total. The quantitative estimate of drug-likeness (QED) is 0.861.